The molecule has 1 aliphatic rings. The average molecular weight is 549 g/mol. The van der Waals surface area contributed by atoms with Crippen LogP contribution in [0.1, 0.15) is 29.2 Å². The van der Waals surface area contributed by atoms with Crippen molar-refractivity contribution in [1.29, 1.82) is 0 Å². The lowest BCUT2D eigenvalue weighted by Crippen LogP contribution is -2.21. The van der Waals surface area contributed by atoms with Gasteiger partial charge in [-0.1, -0.05) is 76.1 Å². The number of hydrazone groups is 1. The smallest absolute Gasteiger partial charge is 0.247 e. The average Bonchev–Trinajstić information content (AvgIpc) is 3.39. The summed E-state index contributed by atoms with van der Waals surface area (Å²) in [4.78, 5) is 10.1. The third-order valence-electron chi connectivity index (χ3n) is 6.69. The van der Waals surface area contributed by atoms with Crippen LogP contribution in [0.5, 0.6) is 5.75 Å². The third-order valence-corrected chi connectivity index (χ3v) is 7.18. The van der Waals surface area contributed by atoms with E-state index >= 15 is 0 Å². The number of anilines is 1. The molecule has 2 heterocycles. The molecule has 0 aliphatic carbocycles. The number of aromatic nitrogens is 2. The third kappa shape index (κ3) is 4.60. The van der Waals surface area contributed by atoms with Crippen LogP contribution in [0.4, 0.5) is 5.95 Å². The number of rotatable bonds is 5. The minimum absolute atomic E-state index is 0.0402. The van der Waals surface area contributed by atoms with Crippen molar-refractivity contribution in [2.45, 2.75) is 19.4 Å². The SMILES string of the molecule is COc1ccc(C2=NN(c3nc(-c4ccc(C)cc4)c4ccccc4n3)C(c3cccc(Br)c3)C2)cc1. The van der Waals surface area contributed by atoms with Gasteiger partial charge in [0.05, 0.1) is 30.1 Å². The summed E-state index contributed by atoms with van der Waals surface area (Å²) in [6.45, 7) is 2.09. The van der Waals surface area contributed by atoms with E-state index in [0.29, 0.717) is 5.95 Å². The highest BCUT2D eigenvalue weighted by Gasteiger charge is 2.32. The zero-order valence-electron chi connectivity index (χ0n) is 20.6. The maximum atomic E-state index is 5.35. The molecule has 6 rings (SSSR count). The fourth-order valence-electron chi connectivity index (χ4n) is 4.72. The van der Waals surface area contributed by atoms with Crippen LogP contribution in [-0.2, 0) is 0 Å². The van der Waals surface area contributed by atoms with E-state index in [2.05, 4.69) is 83.5 Å². The van der Waals surface area contributed by atoms with Gasteiger partial charge in [-0.2, -0.15) is 5.10 Å². The van der Waals surface area contributed by atoms with E-state index in [4.69, 9.17) is 19.8 Å². The predicted molar refractivity (Wildman–Crippen MR) is 153 cm³/mol. The fraction of sp³-hybridized carbons (Fsp3) is 0.129. The molecule has 0 amide bonds. The molecule has 0 saturated carbocycles. The molecule has 5 aromatic rings. The number of ether oxygens (including phenoxy) is 1. The number of methoxy groups -OCH3 is 1. The molecule has 0 fully saturated rings. The van der Waals surface area contributed by atoms with E-state index in [-0.39, 0.29) is 6.04 Å². The number of hydrogen-bond donors (Lipinski definition) is 0. The lowest BCUT2D eigenvalue weighted by Gasteiger charge is -2.23. The van der Waals surface area contributed by atoms with Gasteiger partial charge in [-0.25, -0.2) is 15.0 Å². The Morgan fingerprint density at radius 1 is 0.838 bits per heavy atom. The van der Waals surface area contributed by atoms with Gasteiger partial charge in [0.15, 0.2) is 0 Å². The molecule has 6 heteroatoms. The summed E-state index contributed by atoms with van der Waals surface area (Å²) in [6.07, 6.45) is 0.735. The summed E-state index contributed by atoms with van der Waals surface area (Å²) in [5, 5.41) is 8.09. The second kappa shape index (κ2) is 9.79. The minimum Gasteiger partial charge on any atom is -0.497 e. The molecule has 182 valence electrons. The van der Waals surface area contributed by atoms with Crippen molar-refractivity contribution in [3.63, 3.8) is 0 Å². The summed E-state index contributed by atoms with van der Waals surface area (Å²) in [5.74, 6) is 1.41. The van der Waals surface area contributed by atoms with Crippen molar-refractivity contribution in [2.24, 2.45) is 5.10 Å². The lowest BCUT2D eigenvalue weighted by atomic mass is 9.98. The van der Waals surface area contributed by atoms with Crippen LogP contribution >= 0.6 is 15.9 Å². The summed E-state index contributed by atoms with van der Waals surface area (Å²) < 4.78 is 6.38. The van der Waals surface area contributed by atoms with Gasteiger partial charge in [-0.15, -0.1) is 0 Å². The molecule has 0 bridgehead atoms. The van der Waals surface area contributed by atoms with Crippen molar-refractivity contribution in [1.82, 2.24) is 9.97 Å². The minimum atomic E-state index is -0.0402. The Morgan fingerprint density at radius 2 is 1.59 bits per heavy atom. The fourth-order valence-corrected chi connectivity index (χ4v) is 5.14. The first-order valence-corrected chi connectivity index (χ1v) is 13.0. The van der Waals surface area contributed by atoms with Crippen molar-refractivity contribution < 1.29 is 4.74 Å². The van der Waals surface area contributed by atoms with Gasteiger partial charge in [-0.05, 0) is 60.5 Å². The van der Waals surface area contributed by atoms with Crippen LogP contribution in [0, 0.1) is 6.92 Å². The molecule has 0 radical (unpaired) electrons. The van der Waals surface area contributed by atoms with Crippen LogP contribution in [-0.4, -0.2) is 22.8 Å². The highest BCUT2D eigenvalue weighted by molar-refractivity contribution is 9.10. The predicted octanol–water partition coefficient (Wildman–Crippen LogP) is 7.73. The first-order valence-electron chi connectivity index (χ1n) is 12.2. The maximum Gasteiger partial charge on any atom is 0.247 e. The van der Waals surface area contributed by atoms with Gasteiger partial charge >= 0.3 is 0 Å². The van der Waals surface area contributed by atoms with E-state index in [0.717, 1.165) is 55.6 Å². The van der Waals surface area contributed by atoms with Gasteiger partial charge in [0, 0.05) is 21.8 Å². The van der Waals surface area contributed by atoms with Gasteiger partial charge < -0.3 is 4.74 Å². The van der Waals surface area contributed by atoms with Gasteiger partial charge in [-0.3, -0.25) is 0 Å². The molecule has 5 nitrogen and oxygen atoms in total. The molecule has 0 spiro atoms. The molecule has 1 unspecified atom stereocenters. The standard InChI is InChI=1S/C31H25BrN4O/c1-20-10-12-22(13-11-20)30-26-8-3-4-9-27(26)33-31(34-30)36-29(23-6-5-7-24(32)18-23)19-28(35-36)21-14-16-25(37-2)17-15-21/h3-18,29H,19H2,1-2H3. The molecule has 1 aliphatic heterocycles. The van der Waals surface area contributed by atoms with E-state index < -0.39 is 0 Å². The first kappa shape index (κ1) is 23.4. The highest BCUT2D eigenvalue weighted by atomic mass is 79.9. The molecule has 0 saturated heterocycles. The summed E-state index contributed by atoms with van der Waals surface area (Å²) in [6, 6.07) is 33.0. The van der Waals surface area contributed by atoms with Crippen LogP contribution in [0.3, 0.4) is 0 Å². The maximum absolute atomic E-state index is 5.35. The second-order valence-corrected chi connectivity index (χ2v) is 10.1. The van der Waals surface area contributed by atoms with Crippen LogP contribution in [0.2, 0.25) is 0 Å². The van der Waals surface area contributed by atoms with E-state index in [1.54, 1.807) is 7.11 Å². The molecule has 1 aromatic heterocycles. The molecular formula is C31H25BrN4O. The number of para-hydroxylation sites is 1. The Hall–Kier alpha value is -4.03. The molecule has 1 atom stereocenters. The van der Waals surface area contributed by atoms with Crippen LogP contribution < -0.4 is 9.75 Å². The summed E-state index contributed by atoms with van der Waals surface area (Å²) >= 11 is 3.64. The van der Waals surface area contributed by atoms with Crippen LogP contribution in [0.15, 0.2) is 107 Å². The lowest BCUT2D eigenvalue weighted by molar-refractivity contribution is 0.415. The number of aryl methyl sites for hydroxylation is 1. The summed E-state index contributed by atoms with van der Waals surface area (Å²) in [7, 11) is 1.68. The largest absolute Gasteiger partial charge is 0.497 e. The normalized spacial score (nSPS) is 15.2. The zero-order chi connectivity index (χ0) is 25.4. The Labute approximate surface area is 224 Å². The van der Waals surface area contributed by atoms with E-state index in [1.165, 1.54) is 5.56 Å². The molecule has 0 N–H and O–H groups in total. The molecular weight excluding hydrogens is 524 g/mol. The van der Waals surface area contributed by atoms with Crippen molar-refractivity contribution >= 4 is 38.5 Å². The van der Waals surface area contributed by atoms with Crippen molar-refractivity contribution in [2.75, 3.05) is 12.1 Å². The Kier molecular flexibility index (Phi) is 6.18. The number of benzene rings is 4. The molecule has 37 heavy (non-hydrogen) atoms. The first-order chi connectivity index (χ1) is 18.1. The van der Waals surface area contributed by atoms with Gasteiger partial charge in [0.2, 0.25) is 5.95 Å². The quantitative estimate of drug-likeness (QED) is 0.225. The second-order valence-electron chi connectivity index (χ2n) is 9.15. The Morgan fingerprint density at radius 3 is 2.35 bits per heavy atom. The Bertz CT molecular complexity index is 1610. The topological polar surface area (TPSA) is 50.6 Å². The monoisotopic (exact) mass is 548 g/mol. The number of fused-ring (bicyclic) bond motifs is 1. The molecule has 4 aromatic carbocycles. The number of hydrogen-bond acceptors (Lipinski definition) is 5. The van der Waals surface area contributed by atoms with E-state index in [1.807, 2.05) is 41.4 Å². The number of halogens is 1. The Balaban J connectivity index is 1.51. The van der Waals surface area contributed by atoms with E-state index in [9.17, 15) is 0 Å². The number of nitrogens with zero attached hydrogens (tertiary/aromatic N) is 4. The summed E-state index contributed by atoms with van der Waals surface area (Å²) in [5.41, 5.74) is 7.26. The van der Waals surface area contributed by atoms with Gasteiger partial charge in [0.1, 0.15) is 5.75 Å². The van der Waals surface area contributed by atoms with Gasteiger partial charge in [0.25, 0.3) is 0 Å². The highest BCUT2D eigenvalue weighted by Crippen LogP contribution is 2.38. The zero-order valence-corrected chi connectivity index (χ0v) is 22.2. The van der Waals surface area contributed by atoms with Crippen LogP contribution in [0.25, 0.3) is 22.2 Å². The van der Waals surface area contributed by atoms with Crippen molar-refractivity contribution in [3.8, 4) is 17.0 Å². The van der Waals surface area contributed by atoms with Crippen molar-refractivity contribution in [3.05, 3.63) is 118 Å².